The Morgan fingerprint density at radius 3 is 2.38 bits per heavy atom. The summed E-state index contributed by atoms with van der Waals surface area (Å²) in [4.78, 5) is 9.22. The highest BCUT2D eigenvalue weighted by atomic mass is 35.5. The van der Waals surface area contributed by atoms with Gasteiger partial charge < -0.3 is 0 Å². The molecule has 0 amide bonds. The van der Waals surface area contributed by atoms with Crippen LogP contribution in [0.15, 0.2) is 30.3 Å². The lowest BCUT2D eigenvalue weighted by Crippen LogP contribution is -2.01. The summed E-state index contributed by atoms with van der Waals surface area (Å²) in [6, 6.07) is 10.4. The molecular formula is C17H18ClN3. The van der Waals surface area contributed by atoms with Crippen molar-refractivity contribution in [2.45, 2.75) is 33.6 Å². The van der Waals surface area contributed by atoms with E-state index in [-0.39, 0.29) is 0 Å². The van der Waals surface area contributed by atoms with Gasteiger partial charge in [0.05, 0.1) is 0 Å². The fourth-order valence-electron chi connectivity index (χ4n) is 2.59. The normalized spacial score (nSPS) is 11.2. The molecule has 21 heavy (non-hydrogen) atoms. The Morgan fingerprint density at radius 1 is 1.05 bits per heavy atom. The van der Waals surface area contributed by atoms with Gasteiger partial charge in [-0.25, -0.2) is 9.97 Å². The molecule has 0 fully saturated rings. The summed E-state index contributed by atoms with van der Waals surface area (Å²) in [5.74, 6) is 1.01. The zero-order valence-corrected chi connectivity index (χ0v) is 13.3. The van der Waals surface area contributed by atoms with Crippen LogP contribution >= 0.6 is 11.6 Å². The van der Waals surface area contributed by atoms with E-state index in [0.29, 0.717) is 5.15 Å². The second-order valence-corrected chi connectivity index (χ2v) is 5.56. The van der Waals surface area contributed by atoms with Crippen LogP contribution in [-0.4, -0.2) is 14.5 Å². The molecule has 0 aliphatic carbocycles. The van der Waals surface area contributed by atoms with Crippen LogP contribution in [0.1, 0.15) is 30.8 Å². The smallest absolute Gasteiger partial charge is 0.166 e. The number of aryl methyl sites for hydroxylation is 3. The summed E-state index contributed by atoms with van der Waals surface area (Å²) in [5, 5.41) is 0.508. The van der Waals surface area contributed by atoms with E-state index in [1.807, 2.05) is 13.0 Å². The molecule has 0 aliphatic rings. The molecule has 3 nitrogen and oxygen atoms in total. The number of fused-ring (bicyclic) bond motifs is 1. The van der Waals surface area contributed by atoms with Crippen LogP contribution in [0.3, 0.4) is 0 Å². The van der Waals surface area contributed by atoms with Crippen molar-refractivity contribution < 1.29 is 0 Å². The van der Waals surface area contributed by atoms with Gasteiger partial charge in [-0.3, -0.25) is 4.57 Å². The third-order valence-corrected chi connectivity index (χ3v) is 3.96. The van der Waals surface area contributed by atoms with Crippen molar-refractivity contribution in [1.82, 2.24) is 14.5 Å². The molecule has 3 rings (SSSR count). The van der Waals surface area contributed by atoms with Gasteiger partial charge in [-0.05, 0) is 42.7 Å². The number of nitrogens with zero attached hydrogens (tertiary/aromatic N) is 3. The molecule has 0 saturated carbocycles. The van der Waals surface area contributed by atoms with E-state index in [0.717, 1.165) is 41.1 Å². The van der Waals surface area contributed by atoms with Gasteiger partial charge in [-0.1, -0.05) is 37.6 Å². The summed E-state index contributed by atoms with van der Waals surface area (Å²) in [6.07, 6.45) is 1.89. The lowest BCUT2D eigenvalue weighted by atomic mass is 10.1. The van der Waals surface area contributed by atoms with Gasteiger partial charge in [-0.2, -0.15) is 0 Å². The predicted molar refractivity (Wildman–Crippen MR) is 87.4 cm³/mol. The Kier molecular flexibility index (Phi) is 3.68. The highest BCUT2D eigenvalue weighted by Gasteiger charge is 2.15. The molecule has 108 valence electrons. The van der Waals surface area contributed by atoms with Crippen molar-refractivity contribution in [1.29, 1.82) is 0 Å². The van der Waals surface area contributed by atoms with Gasteiger partial charge in [0.15, 0.2) is 5.65 Å². The molecule has 0 atom stereocenters. The molecule has 2 heterocycles. The average molecular weight is 300 g/mol. The van der Waals surface area contributed by atoms with E-state index in [9.17, 15) is 0 Å². The first kappa shape index (κ1) is 14.1. The van der Waals surface area contributed by atoms with Gasteiger partial charge in [0.25, 0.3) is 0 Å². The molecule has 0 N–H and O–H groups in total. The van der Waals surface area contributed by atoms with Crippen molar-refractivity contribution in [3.05, 3.63) is 52.4 Å². The third-order valence-electron chi connectivity index (χ3n) is 3.76. The number of pyridine rings is 1. The number of imidazole rings is 1. The Bertz CT molecular complexity index is 788. The Labute approximate surface area is 129 Å². The predicted octanol–water partition coefficient (Wildman–Crippen LogP) is 4.51. The minimum absolute atomic E-state index is 0.508. The highest BCUT2D eigenvalue weighted by Crippen LogP contribution is 2.25. The number of benzene rings is 1. The Morgan fingerprint density at radius 2 is 1.76 bits per heavy atom. The van der Waals surface area contributed by atoms with E-state index in [4.69, 9.17) is 16.6 Å². The van der Waals surface area contributed by atoms with E-state index < -0.39 is 0 Å². The molecule has 3 aromatic rings. The summed E-state index contributed by atoms with van der Waals surface area (Å²) in [5.41, 5.74) is 5.23. The molecule has 0 aliphatic heterocycles. The van der Waals surface area contributed by atoms with Gasteiger partial charge in [-0.15, -0.1) is 0 Å². The molecule has 0 spiro atoms. The van der Waals surface area contributed by atoms with E-state index >= 15 is 0 Å². The van der Waals surface area contributed by atoms with Crippen molar-refractivity contribution >= 4 is 22.8 Å². The fourth-order valence-corrected chi connectivity index (χ4v) is 2.84. The number of aromatic nitrogens is 3. The number of hydrogen-bond acceptors (Lipinski definition) is 2. The Hall–Kier alpha value is -1.87. The summed E-state index contributed by atoms with van der Waals surface area (Å²) >= 11 is 6.13. The first-order valence-corrected chi connectivity index (χ1v) is 7.65. The van der Waals surface area contributed by atoms with E-state index in [1.54, 1.807) is 0 Å². The van der Waals surface area contributed by atoms with E-state index in [2.05, 4.69) is 47.7 Å². The van der Waals surface area contributed by atoms with Crippen LogP contribution in [0.25, 0.3) is 16.9 Å². The second kappa shape index (κ2) is 5.49. The fraction of sp³-hybridized carbons (Fsp3) is 0.294. The van der Waals surface area contributed by atoms with Gasteiger partial charge in [0.2, 0.25) is 0 Å². The lowest BCUT2D eigenvalue weighted by Gasteiger charge is -2.08. The number of hydrogen-bond donors (Lipinski definition) is 0. The first-order valence-electron chi connectivity index (χ1n) is 7.27. The summed E-state index contributed by atoms with van der Waals surface area (Å²) in [6.45, 7) is 6.28. The van der Waals surface area contributed by atoms with Crippen molar-refractivity contribution in [3.8, 4) is 5.69 Å². The maximum Gasteiger partial charge on any atom is 0.166 e. The molecule has 0 radical (unpaired) electrons. The minimum Gasteiger partial charge on any atom is -0.281 e. The third kappa shape index (κ3) is 2.42. The molecule has 4 heteroatoms. The SMILES string of the molecule is CCc1ccc(-n2c(CC)nc3c(C)cc(Cl)nc32)cc1. The van der Waals surface area contributed by atoms with Crippen molar-refractivity contribution in [2.75, 3.05) is 0 Å². The standard InChI is InChI=1S/C17H18ClN3/c1-4-12-6-8-13(9-7-12)21-15(5-2)20-16-11(3)10-14(18)19-17(16)21/h6-10H,4-5H2,1-3H3. The van der Waals surface area contributed by atoms with Crippen LogP contribution in [0.4, 0.5) is 0 Å². The van der Waals surface area contributed by atoms with Gasteiger partial charge >= 0.3 is 0 Å². The van der Waals surface area contributed by atoms with Crippen molar-refractivity contribution in [3.63, 3.8) is 0 Å². The van der Waals surface area contributed by atoms with Crippen LogP contribution < -0.4 is 0 Å². The zero-order valence-electron chi connectivity index (χ0n) is 12.5. The molecule has 0 saturated heterocycles. The first-order chi connectivity index (χ1) is 10.1. The summed E-state index contributed by atoms with van der Waals surface area (Å²) < 4.78 is 2.10. The molecule has 0 unspecified atom stereocenters. The van der Waals surface area contributed by atoms with Gasteiger partial charge in [0.1, 0.15) is 16.5 Å². The zero-order chi connectivity index (χ0) is 15.0. The lowest BCUT2D eigenvalue weighted by molar-refractivity contribution is 0.900. The molecule has 0 bridgehead atoms. The minimum atomic E-state index is 0.508. The molecule has 2 aromatic heterocycles. The largest absolute Gasteiger partial charge is 0.281 e. The van der Waals surface area contributed by atoms with Crippen LogP contribution in [0.2, 0.25) is 5.15 Å². The molecule has 1 aromatic carbocycles. The van der Waals surface area contributed by atoms with Gasteiger partial charge in [0, 0.05) is 12.1 Å². The number of halogens is 1. The maximum absolute atomic E-state index is 6.13. The highest BCUT2D eigenvalue weighted by molar-refractivity contribution is 6.29. The quantitative estimate of drug-likeness (QED) is 0.666. The maximum atomic E-state index is 6.13. The van der Waals surface area contributed by atoms with E-state index in [1.165, 1.54) is 5.56 Å². The van der Waals surface area contributed by atoms with Crippen LogP contribution in [0, 0.1) is 6.92 Å². The number of rotatable bonds is 3. The monoisotopic (exact) mass is 299 g/mol. The average Bonchev–Trinajstić information content (AvgIpc) is 2.86. The van der Waals surface area contributed by atoms with Crippen LogP contribution in [-0.2, 0) is 12.8 Å². The molecular weight excluding hydrogens is 282 g/mol. The second-order valence-electron chi connectivity index (χ2n) is 5.17. The topological polar surface area (TPSA) is 30.7 Å². The Balaban J connectivity index is 2.28. The van der Waals surface area contributed by atoms with Crippen LogP contribution in [0.5, 0.6) is 0 Å². The summed E-state index contributed by atoms with van der Waals surface area (Å²) in [7, 11) is 0. The van der Waals surface area contributed by atoms with Crippen molar-refractivity contribution in [2.24, 2.45) is 0 Å².